The molecule has 0 atom stereocenters. The van der Waals surface area contributed by atoms with Crippen molar-refractivity contribution in [3.8, 4) is 0 Å². The lowest BCUT2D eigenvalue weighted by atomic mass is 10.3. The van der Waals surface area contributed by atoms with E-state index in [1.807, 2.05) is 13.8 Å². The van der Waals surface area contributed by atoms with Crippen LogP contribution in [0.1, 0.15) is 40.6 Å². The van der Waals surface area contributed by atoms with Gasteiger partial charge in [-0.25, -0.2) is 9.98 Å². The molecule has 0 aliphatic rings. The Kier molecular flexibility index (Phi) is 6.52. The van der Waals surface area contributed by atoms with Crippen LogP contribution in [-0.2, 0) is 13.0 Å². The van der Waals surface area contributed by atoms with Gasteiger partial charge in [0.15, 0.2) is 11.8 Å². The molecule has 126 valence electrons. The van der Waals surface area contributed by atoms with Crippen LogP contribution in [0, 0.1) is 20.8 Å². The molecule has 2 aromatic rings. The van der Waals surface area contributed by atoms with Crippen LogP contribution in [0.25, 0.3) is 0 Å². The van der Waals surface area contributed by atoms with Crippen molar-refractivity contribution in [2.45, 2.75) is 47.1 Å². The van der Waals surface area contributed by atoms with E-state index in [-0.39, 0.29) is 0 Å². The number of thiazole rings is 1. The largest absolute Gasteiger partial charge is 0.357 e. The SMILES string of the molecule is CCNC(=NCc1nc(C)c(C)s1)NCCCc1nc(C)no1. The number of rotatable bonds is 7. The highest BCUT2D eigenvalue weighted by molar-refractivity contribution is 7.11. The van der Waals surface area contributed by atoms with E-state index >= 15 is 0 Å². The Morgan fingerprint density at radius 3 is 2.65 bits per heavy atom. The van der Waals surface area contributed by atoms with E-state index < -0.39 is 0 Å². The molecule has 0 unspecified atom stereocenters. The fourth-order valence-electron chi connectivity index (χ4n) is 1.98. The number of aryl methyl sites for hydroxylation is 4. The van der Waals surface area contributed by atoms with Gasteiger partial charge >= 0.3 is 0 Å². The fraction of sp³-hybridized carbons (Fsp3) is 0.600. The summed E-state index contributed by atoms with van der Waals surface area (Å²) in [5.74, 6) is 2.16. The summed E-state index contributed by atoms with van der Waals surface area (Å²) in [5, 5.41) is 11.4. The van der Waals surface area contributed by atoms with Crippen LogP contribution < -0.4 is 10.6 Å². The Morgan fingerprint density at radius 1 is 1.22 bits per heavy atom. The summed E-state index contributed by atoms with van der Waals surface area (Å²) in [4.78, 5) is 14.5. The van der Waals surface area contributed by atoms with Gasteiger partial charge in [0.1, 0.15) is 5.01 Å². The molecule has 0 saturated heterocycles. The van der Waals surface area contributed by atoms with Gasteiger partial charge in [0.2, 0.25) is 5.89 Å². The molecule has 2 N–H and O–H groups in total. The molecule has 7 nitrogen and oxygen atoms in total. The van der Waals surface area contributed by atoms with Gasteiger partial charge in [0.05, 0.1) is 12.2 Å². The summed E-state index contributed by atoms with van der Waals surface area (Å²) < 4.78 is 5.10. The lowest BCUT2D eigenvalue weighted by Crippen LogP contribution is -2.37. The van der Waals surface area contributed by atoms with Gasteiger partial charge in [0, 0.05) is 24.4 Å². The molecule has 2 rings (SSSR count). The molecular weight excluding hydrogens is 312 g/mol. The third-order valence-corrected chi connectivity index (χ3v) is 4.28. The zero-order chi connectivity index (χ0) is 16.7. The Morgan fingerprint density at radius 2 is 2.04 bits per heavy atom. The second-order valence-corrected chi connectivity index (χ2v) is 6.50. The molecular formula is C15H24N6OS. The number of hydrogen-bond acceptors (Lipinski definition) is 6. The summed E-state index contributed by atoms with van der Waals surface area (Å²) in [5.41, 5.74) is 1.09. The van der Waals surface area contributed by atoms with Crippen molar-refractivity contribution < 1.29 is 4.52 Å². The summed E-state index contributed by atoms with van der Waals surface area (Å²) in [6, 6.07) is 0. The van der Waals surface area contributed by atoms with Crippen LogP contribution >= 0.6 is 11.3 Å². The van der Waals surface area contributed by atoms with E-state index in [9.17, 15) is 0 Å². The molecule has 23 heavy (non-hydrogen) atoms. The highest BCUT2D eigenvalue weighted by Gasteiger charge is 2.05. The molecule has 0 spiro atoms. The van der Waals surface area contributed by atoms with Crippen LogP contribution in [0.2, 0.25) is 0 Å². The Hall–Kier alpha value is -1.96. The third kappa shape index (κ3) is 5.63. The van der Waals surface area contributed by atoms with E-state index in [2.05, 4.69) is 44.6 Å². The molecule has 0 fully saturated rings. The lowest BCUT2D eigenvalue weighted by molar-refractivity contribution is 0.372. The molecule has 2 heterocycles. The summed E-state index contributed by atoms with van der Waals surface area (Å²) in [6.07, 6.45) is 1.67. The predicted molar refractivity (Wildman–Crippen MR) is 91.8 cm³/mol. The fourth-order valence-corrected chi connectivity index (χ4v) is 2.84. The quantitative estimate of drug-likeness (QED) is 0.457. The summed E-state index contributed by atoms with van der Waals surface area (Å²) >= 11 is 1.70. The van der Waals surface area contributed by atoms with Gasteiger partial charge in [-0.1, -0.05) is 5.16 Å². The van der Waals surface area contributed by atoms with Crippen molar-refractivity contribution in [3.63, 3.8) is 0 Å². The van der Waals surface area contributed by atoms with E-state index in [0.29, 0.717) is 18.3 Å². The number of aromatic nitrogens is 3. The monoisotopic (exact) mass is 336 g/mol. The first-order chi connectivity index (χ1) is 11.1. The number of aliphatic imine (C=N–C) groups is 1. The smallest absolute Gasteiger partial charge is 0.226 e. The van der Waals surface area contributed by atoms with Gasteiger partial charge in [-0.2, -0.15) is 4.98 Å². The van der Waals surface area contributed by atoms with Crippen LogP contribution in [-0.4, -0.2) is 34.2 Å². The molecule has 0 aliphatic carbocycles. The molecule has 0 aliphatic heterocycles. The summed E-state index contributed by atoms with van der Waals surface area (Å²) in [6.45, 7) is 10.2. The van der Waals surface area contributed by atoms with Crippen molar-refractivity contribution >= 4 is 17.3 Å². The predicted octanol–water partition coefficient (Wildman–Crippen LogP) is 2.14. The van der Waals surface area contributed by atoms with E-state index in [0.717, 1.165) is 42.6 Å². The number of nitrogens with zero attached hydrogens (tertiary/aromatic N) is 4. The number of nitrogens with one attached hydrogen (secondary N) is 2. The first-order valence-electron chi connectivity index (χ1n) is 7.82. The second kappa shape index (κ2) is 8.61. The van der Waals surface area contributed by atoms with Crippen LogP contribution in [0.5, 0.6) is 0 Å². The van der Waals surface area contributed by atoms with Gasteiger partial charge in [-0.05, 0) is 34.1 Å². The van der Waals surface area contributed by atoms with Crippen molar-refractivity contribution in [1.29, 1.82) is 0 Å². The molecule has 0 saturated carbocycles. The molecule has 0 aromatic carbocycles. The minimum atomic E-state index is 0.595. The summed E-state index contributed by atoms with van der Waals surface area (Å²) in [7, 11) is 0. The minimum Gasteiger partial charge on any atom is -0.357 e. The second-order valence-electron chi connectivity index (χ2n) is 5.21. The van der Waals surface area contributed by atoms with Gasteiger partial charge in [-0.15, -0.1) is 11.3 Å². The third-order valence-electron chi connectivity index (χ3n) is 3.22. The van der Waals surface area contributed by atoms with Gasteiger partial charge in [-0.3, -0.25) is 0 Å². The normalized spacial score (nSPS) is 11.7. The molecule has 0 amide bonds. The van der Waals surface area contributed by atoms with Crippen molar-refractivity contribution in [3.05, 3.63) is 27.3 Å². The van der Waals surface area contributed by atoms with Crippen LogP contribution in [0.15, 0.2) is 9.52 Å². The average Bonchev–Trinajstić information content (AvgIpc) is 3.07. The number of hydrogen-bond donors (Lipinski definition) is 2. The maximum atomic E-state index is 5.10. The van der Waals surface area contributed by atoms with E-state index in [1.165, 1.54) is 4.88 Å². The average molecular weight is 336 g/mol. The van der Waals surface area contributed by atoms with Gasteiger partial charge in [0.25, 0.3) is 0 Å². The van der Waals surface area contributed by atoms with Crippen LogP contribution in [0.3, 0.4) is 0 Å². The Labute approximate surface area is 140 Å². The van der Waals surface area contributed by atoms with Crippen molar-refractivity contribution in [2.75, 3.05) is 13.1 Å². The zero-order valence-electron chi connectivity index (χ0n) is 14.1. The van der Waals surface area contributed by atoms with E-state index in [4.69, 9.17) is 4.52 Å². The highest BCUT2D eigenvalue weighted by atomic mass is 32.1. The number of guanidine groups is 1. The lowest BCUT2D eigenvalue weighted by Gasteiger charge is -2.10. The van der Waals surface area contributed by atoms with E-state index in [1.54, 1.807) is 11.3 Å². The minimum absolute atomic E-state index is 0.595. The van der Waals surface area contributed by atoms with Crippen molar-refractivity contribution in [2.24, 2.45) is 4.99 Å². The maximum absolute atomic E-state index is 5.10. The van der Waals surface area contributed by atoms with Crippen molar-refractivity contribution in [1.82, 2.24) is 25.8 Å². The Bertz CT molecular complexity index is 629. The maximum Gasteiger partial charge on any atom is 0.226 e. The molecule has 0 bridgehead atoms. The zero-order valence-corrected chi connectivity index (χ0v) is 15.0. The Balaban J connectivity index is 1.79. The standard InChI is InChI=1S/C15H24N6OS/c1-5-16-15(18-9-14-19-10(2)11(3)23-14)17-8-6-7-13-20-12(4)21-22-13/h5-9H2,1-4H3,(H2,16,17,18). The topological polar surface area (TPSA) is 88.2 Å². The highest BCUT2D eigenvalue weighted by Crippen LogP contribution is 2.16. The first kappa shape index (κ1) is 17.4. The molecule has 2 aromatic heterocycles. The van der Waals surface area contributed by atoms with Crippen LogP contribution in [0.4, 0.5) is 0 Å². The molecule has 0 radical (unpaired) electrons. The molecule has 8 heteroatoms. The first-order valence-corrected chi connectivity index (χ1v) is 8.64. The van der Waals surface area contributed by atoms with Gasteiger partial charge < -0.3 is 15.2 Å².